The molecule has 3 amide bonds. The molecule has 0 aromatic heterocycles. The van der Waals surface area contributed by atoms with Crippen LogP contribution in [0, 0.1) is 0 Å². The Labute approximate surface area is 148 Å². The zero-order valence-electron chi connectivity index (χ0n) is 14.9. The molecule has 0 spiro atoms. The number of nitrogens with zero attached hydrogens (tertiary/aromatic N) is 2. The van der Waals surface area contributed by atoms with Gasteiger partial charge in [0.25, 0.3) is 5.91 Å². The van der Waals surface area contributed by atoms with Gasteiger partial charge in [0.05, 0.1) is 6.54 Å². The Hall–Kier alpha value is -2.08. The molecule has 0 aliphatic carbocycles. The number of benzene rings is 1. The fraction of sp³-hybridized carbons (Fsp3) is 0.579. The number of carbonyl (C=O) groups excluding carboxylic acids is 2. The minimum absolute atomic E-state index is 0.0193. The molecule has 0 saturated carbocycles. The number of ether oxygens (including phenoxy) is 1. The fourth-order valence-corrected chi connectivity index (χ4v) is 3.55. The first-order valence-corrected chi connectivity index (χ1v) is 9.00. The van der Waals surface area contributed by atoms with Gasteiger partial charge in [-0.1, -0.05) is 32.0 Å². The van der Waals surface area contributed by atoms with Crippen LogP contribution in [0.4, 0.5) is 4.79 Å². The number of urea groups is 1. The van der Waals surface area contributed by atoms with Crippen LogP contribution in [0.5, 0.6) is 5.75 Å². The van der Waals surface area contributed by atoms with E-state index >= 15 is 0 Å². The SMILES string of the molecule is CC(C)c1ccccc1OC[C@H](O)CN1C(=O)[C@@H]2CCCCN2C1=O. The molecule has 1 aromatic carbocycles. The largest absolute Gasteiger partial charge is 0.491 e. The molecule has 2 atom stereocenters. The Kier molecular flexibility index (Phi) is 5.27. The maximum Gasteiger partial charge on any atom is 0.327 e. The van der Waals surface area contributed by atoms with Crippen LogP contribution >= 0.6 is 0 Å². The summed E-state index contributed by atoms with van der Waals surface area (Å²) in [5, 5.41) is 10.3. The van der Waals surface area contributed by atoms with E-state index < -0.39 is 6.10 Å². The molecular weight excluding hydrogens is 320 g/mol. The van der Waals surface area contributed by atoms with Crippen molar-refractivity contribution >= 4 is 11.9 Å². The van der Waals surface area contributed by atoms with Gasteiger partial charge in [0.2, 0.25) is 0 Å². The first kappa shape index (κ1) is 17.7. The van der Waals surface area contributed by atoms with E-state index in [0.717, 1.165) is 30.6 Å². The van der Waals surface area contributed by atoms with Gasteiger partial charge in [0.15, 0.2) is 0 Å². The molecule has 2 heterocycles. The van der Waals surface area contributed by atoms with Gasteiger partial charge >= 0.3 is 6.03 Å². The lowest BCUT2D eigenvalue weighted by Crippen LogP contribution is -2.40. The van der Waals surface area contributed by atoms with Gasteiger partial charge in [-0.25, -0.2) is 4.79 Å². The van der Waals surface area contributed by atoms with Crippen LogP contribution in [0.1, 0.15) is 44.6 Å². The molecule has 6 nitrogen and oxygen atoms in total. The van der Waals surface area contributed by atoms with Gasteiger partial charge in [0, 0.05) is 6.54 Å². The van der Waals surface area contributed by atoms with Crippen LogP contribution in [-0.4, -0.2) is 58.7 Å². The monoisotopic (exact) mass is 346 g/mol. The summed E-state index contributed by atoms with van der Waals surface area (Å²) < 4.78 is 5.75. The third kappa shape index (κ3) is 3.63. The number of fused-ring (bicyclic) bond motifs is 1. The van der Waals surface area contributed by atoms with Crippen LogP contribution in [0.3, 0.4) is 0 Å². The smallest absolute Gasteiger partial charge is 0.327 e. The van der Waals surface area contributed by atoms with Crippen LogP contribution in [0.25, 0.3) is 0 Å². The lowest BCUT2D eigenvalue weighted by Gasteiger charge is -2.26. The highest BCUT2D eigenvalue weighted by atomic mass is 16.5. The second-order valence-corrected chi connectivity index (χ2v) is 7.09. The summed E-state index contributed by atoms with van der Waals surface area (Å²) in [6.45, 7) is 4.81. The van der Waals surface area contributed by atoms with E-state index in [1.165, 1.54) is 4.90 Å². The predicted molar refractivity (Wildman–Crippen MR) is 93.5 cm³/mol. The van der Waals surface area contributed by atoms with Crippen molar-refractivity contribution < 1.29 is 19.4 Å². The van der Waals surface area contributed by atoms with E-state index in [9.17, 15) is 14.7 Å². The number of β-amino-alcohol motifs (C(OH)–C–C–N with tert-alkyl or cyclic N) is 1. The van der Waals surface area contributed by atoms with E-state index in [1.807, 2.05) is 24.3 Å². The Morgan fingerprint density at radius 3 is 2.72 bits per heavy atom. The molecule has 0 bridgehead atoms. The maximum atomic E-state index is 12.4. The van der Waals surface area contributed by atoms with E-state index in [1.54, 1.807) is 4.90 Å². The molecule has 2 saturated heterocycles. The van der Waals surface area contributed by atoms with Crippen molar-refractivity contribution in [3.8, 4) is 5.75 Å². The summed E-state index contributed by atoms with van der Waals surface area (Å²) in [7, 11) is 0. The van der Waals surface area contributed by atoms with E-state index in [2.05, 4.69) is 13.8 Å². The highest BCUT2D eigenvalue weighted by Crippen LogP contribution is 2.28. The highest BCUT2D eigenvalue weighted by Gasteiger charge is 2.46. The van der Waals surface area contributed by atoms with Gasteiger partial charge in [0.1, 0.15) is 24.5 Å². The Bertz CT molecular complexity index is 622. The topological polar surface area (TPSA) is 70.1 Å². The second kappa shape index (κ2) is 7.44. The zero-order valence-corrected chi connectivity index (χ0v) is 14.9. The van der Waals surface area contributed by atoms with E-state index in [0.29, 0.717) is 12.5 Å². The minimum atomic E-state index is -0.908. The molecule has 25 heavy (non-hydrogen) atoms. The third-order valence-electron chi connectivity index (χ3n) is 4.90. The summed E-state index contributed by atoms with van der Waals surface area (Å²) in [6, 6.07) is 7.09. The van der Waals surface area contributed by atoms with Crippen molar-refractivity contribution in [1.29, 1.82) is 0 Å². The first-order valence-electron chi connectivity index (χ1n) is 9.00. The molecule has 2 fully saturated rings. The quantitative estimate of drug-likeness (QED) is 0.803. The van der Waals surface area contributed by atoms with Crippen LogP contribution in [-0.2, 0) is 4.79 Å². The van der Waals surface area contributed by atoms with Gasteiger partial charge in [-0.05, 0) is 36.8 Å². The molecule has 136 valence electrons. The number of imide groups is 1. The first-order chi connectivity index (χ1) is 12.0. The van der Waals surface area contributed by atoms with Crippen molar-refractivity contribution in [1.82, 2.24) is 9.80 Å². The predicted octanol–water partition coefficient (Wildman–Crippen LogP) is 2.37. The summed E-state index contributed by atoms with van der Waals surface area (Å²) in [5.74, 6) is 0.852. The number of carbonyl (C=O) groups is 2. The minimum Gasteiger partial charge on any atom is -0.491 e. The van der Waals surface area contributed by atoms with Gasteiger partial charge < -0.3 is 14.7 Å². The van der Waals surface area contributed by atoms with Crippen molar-refractivity contribution in [2.45, 2.75) is 51.2 Å². The van der Waals surface area contributed by atoms with Crippen LogP contribution < -0.4 is 4.74 Å². The molecule has 6 heteroatoms. The van der Waals surface area contributed by atoms with E-state index in [4.69, 9.17) is 4.74 Å². The second-order valence-electron chi connectivity index (χ2n) is 7.09. The lowest BCUT2D eigenvalue weighted by atomic mass is 10.0. The van der Waals surface area contributed by atoms with E-state index in [-0.39, 0.29) is 31.1 Å². The zero-order chi connectivity index (χ0) is 18.0. The molecule has 2 aliphatic rings. The van der Waals surface area contributed by atoms with Crippen LogP contribution in [0.15, 0.2) is 24.3 Å². The average Bonchev–Trinajstić information content (AvgIpc) is 2.85. The number of rotatable bonds is 6. The number of amides is 3. The summed E-state index contributed by atoms with van der Waals surface area (Å²) >= 11 is 0. The summed E-state index contributed by atoms with van der Waals surface area (Å²) in [5.41, 5.74) is 1.07. The average molecular weight is 346 g/mol. The molecular formula is C19H26N2O4. The standard InChI is InChI=1S/C19H26N2O4/c1-13(2)15-7-3-4-9-17(15)25-12-14(22)11-21-18(23)16-8-5-6-10-20(16)19(21)24/h3-4,7,9,13-14,16,22H,5-6,8,10-12H2,1-2H3/t14-,16+/m1/s1. The number of aliphatic hydroxyl groups is 1. The van der Waals surface area contributed by atoms with Crippen molar-refractivity contribution in [2.75, 3.05) is 19.7 Å². The van der Waals surface area contributed by atoms with Gasteiger partial charge in [-0.3, -0.25) is 9.69 Å². The fourth-order valence-electron chi connectivity index (χ4n) is 3.55. The number of para-hydroxylation sites is 1. The lowest BCUT2D eigenvalue weighted by molar-refractivity contribution is -0.129. The van der Waals surface area contributed by atoms with Crippen LogP contribution in [0.2, 0.25) is 0 Å². The van der Waals surface area contributed by atoms with Gasteiger partial charge in [-0.2, -0.15) is 0 Å². The summed E-state index contributed by atoms with van der Waals surface area (Å²) in [6.07, 6.45) is 1.71. The Morgan fingerprint density at radius 2 is 2.00 bits per heavy atom. The van der Waals surface area contributed by atoms with Crippen molar-refractivity contribution in [3.63, 3.8) is 0 Å². The van der Waals surface area contributed by atoms with Crippen molar-refractivity contribution in [3.05, 3.63) is 29.8 Å². The maximum absolute atomic E-state index is 12.4. The highest BCUT2D eigenvalue weighted by molar-refractivity contribution is 6.04. The molecule has 3 rings (SSSR count). The number of aliphatic hydroxyl groups excluding tert-OH is 1. The molecule has 0 radical (unpaired) electrons. The van der Waals surface area contributed by atoms with Crippen molar-refractivity contribution in [2.24, 2.45) is 0 Å². The Morgan fingerprint density at radius 1 is 1.24 bits per heavy atom. The number of piperidine rings is 1. The number of hydrogen-bond donors (Lipinski definition) is 1. The molecule has 0 unspecified atom stereocenters. The third-order valence-corrected chi connectivity index (χ3v) is 4.90. The van der Waals surface area contributed by atoms with Gasteiger partial charge in [-0.15, -0.1) is 0 Å². The number of hydrogen-bond acceptors (Lipinski definition) is 4. The molecule has 2 aliphatic heterocycles. The molecule has 1 N–H and O–H groups in total. The molecule has 1 aromatic rings. The summed E-state index contributed by atoms with van der Waals surface area (Å²) in [4.78, 5) is 27.6. The normalized spacial score (nSPS) is 21.7. The Balaban J connectivity index is 1.59.